The number of nitrogens with zero attached hydrogens (tertiary/aromatic N) is 4. The number of sulfonamides is 1. The Hall–Kier alpha value is -1.80. The molecule has 1 atom stereocenters. The highest BCUT2D eigenvalue weighted by Gasteiger charge is 2.34. The molecule has 1 saturated heterocycles. The van der Waals surface area contributed by atoms with Crippen molar-refractivity contribution in [2.24, 2.45) is 0 Å². The molecule has 3 rings (SSSR count). The van der Waals surface area contributed by atoms with Gasteiger partial charge in [-0.25, -0.2) is 17.5 Å². The minimum atomic E-state index is -3.80. The van der Waals surface area contributed by atoms with Crippen molar-refractivity contribution < 1.29 is 12.8 Å². The van der Waals surface area contributed by atoms with Crippen LogP contribution in [0.2, 0.25) is 0 Å². The smallest absolute Gasteiger partial charge is 0.246 e. The van der Waals surface area contributed by atoms with E-state index in [4.69, 9.17) is 0 Å². The first-order valence-corrected chi connectivity index (χ1v) is 7.63. The molecule has 1 aromatic heterocycles. The molecule has 0 unspecified atom stereocenters. The molecular formula is C12H13FN4O2S. The van der Waals surface area contributed by atoms with Gasteiger partial charge in [-0.15, -0.1) is 5.10 Å². The van der Waals surface area contributed by atoms with Crippen LogP contribution >= 0.6 is 0 Å². The van der Waals surface area contributed by atoms with Crippen LogP contribution in [0.15, 0.2) is 41.6 Å². The third-order valence-electron chi connectivity index (χ3n) is 3.40. The molecule has 106 valence electrons. The highest BCUT2D eigenvalue weighted by Crippen LogP contribution is 2.27. The Morgan fingerprint density at radius 1 is 1.30 bits per heavy atom. The van der Waals surface area contributed by atoms with Gasteiger partial charge in [0.1, 0.15) is 10.7 Å². The second kappa shape index (κ2) is 4.95. The predicted octanol–water partition coefficient (Wildman–Crippen LogP) is 1.05. The number of rotatable bonds is 3. The van der Waals surface area contributed by atoms with E-state index in [1.54, 1.807) is 17.1 Å². The Bertz CT molecular complexity index is 702. The van der Waals surface area contributed by atoms with Gasteiger partial charge in [-0.3, -0.25) is 0 Å². The molecule has 2 heterocycles. The van der Waals surface area contributed by atoms with Gasteiger partial charge in [-0.2, -0.15) is 4.31 Å². The molecule has 0 amide bonds. The highest BCUT2D eigenvalue weighted by atomic mass is 32.2. The minimum absolute atomic E-state index is 0.0564. The van der Waals surface area contributed by atoms with Crippen LogP contribution in [-0.2, 0) is 10.0 Å². The molecule has 0 aliphatic carbocycles. The summed E-state index contributed by atoms with van der Waals surface area (Å²) in [6.07, 6.45) is 3.88. The largest absolute Gasteiger partial charge is 0.248 e. The SMILES string of the molecule is O=S(=O)(c1ccccc1F)N1CC[C@@H](n2ccnn2)C1. The third-order valence-corrected chi connectivity index (χ3v) is 5.29. The molecule has 20 heavy (non-hydrogen) atoms. The number of hydrogen-bond acceptors (Lipinski definition) is 4. The van der Waals surface area contributed by atoms with E-state index in [0.29, 0.717) is 13.0 Å². The van der Waals surface area contributed by atoms with Crippen molar-refractivity contribution >= 4 is 10.0 Å². The van der Waals surface area contributed by atoms with E-state index in [1.165, 1.54) is 22.5 Å². The fourth-order valence-electron chi connectivity index (χ4n) is 2.35. The van der Waals surface area contributed by atoms with E-state index in [9.17, 15) is 12.8 Å². The van der Waals surface area contributed by atoms with Gasteiger partial charge in [0.25, 0.3) is 0 Å². The second-order valence-corrected chi connectivity index (χ2v) is 6.53. The normalized spacial score (nSPS) is 20.4. The molecule has 6 nitrogen and oxygen atoms in total. The summed E-state index contributed by atoms with van der Waals surface area (Å²) < 4.78 is 41.4. The van der Waals surface area contributed by atoms with Gasteiger partial charge >= 0.3 is 0 Å². The van der Waals surface area contributed by atoms with Crippen LogP contribution in [0.1, 0.15) is 12.5 Å². The molecule has 1 aliphatic rings. The van der Waals surface area contributed by atoms with Crippen molar-refractivity contribution in [2.75, 3.05) is 13.1 Å². The molecule has 0 radical (unpaired) electrons. The Kier molecular flexibility index (Phi) is 3.27. The highest BCUT2D eigenvalue weighted by molar-refractivity contribution is 7.89. The first-order valence-electron chi connectivity index (χ1n) is 6.19. The van der Waals surface area contributed by atoms with Gasteiger partial charge in [0, 0.05) is 19.3 Å². The van der Waals surface area contributed by atoms with Crippen molar-refractivity contribution in [2.45, 2.75) is 17.4 Å². The van der Waals surface area contributed by atoms with Gasteiger partial charge in [-0.05, 0) is 18.6 Å². The summed E-state index contributed by atoms with van der Waals surface area (Å²) in [6.45, 7) is 0.626. The van der Waals surface area contributed by atoms with Crippen LogP contribution in [0.25, 0.3) is 0 Å². The monoisotopic (exact) mass is 296 g/mol. The lowest BCUT2D eigenvalue weighted by Gasteiger charge is -2.16. The Balaban J connectivity index is 1.85. The standard InChI is InChI=1S/C12H13FN4O2S/c13-11-3-1-2-4-12(11)20(18,19)16-7-5-10(9-16)17-8-6-14-15-17/h1-4,6,8,10H,5,7,9H2/t10-/m1/s1. The fraction of sp³-hybridized carbons (Fsp3) is 0.333. The maximum atomic E-state index is 13.7. The summed E-state index contributed by atoms with van der Waals surface area (Å²) in [5.41, 5.74) is 0. The molecule has 1 aliphatic heterocycles. The number of benzene rings is 1. The fourth-order valence-corrected chi connectivity index (χ4v) is 3.91. The lowest BCUT2D eigenvalue weighted by molar-refractivity contribution is 0.425. The summed E-state index contributed by atoms with van der Waals surface area (Å²) >= 11 is 0. The van der Waals surface area contributed by atoms with Crippen LogP contribution in [0, 0.1) is 5.82 Å². The zero-order chi connectivity index (χ0) is 14.2. The van der Waals surface area contributed by atoms with Gasteiger partial charge in [0.2, 0.25) is 10.0 Å². The van der Waals surface area contributed by atoms with Crippen LogP contribution in [0.3, 0.4) is 0 Å². The van der Waals surface area contributed by atoms with E-state index in [2.05, 4.69) is 10.3 Å². The van der Waals surface area contributed by atoms with E-state index in [-0.39, 0.29) is 17.5 Å². The zero-order valence-electron chi connectivity index (χ0n) is 10.6. The molecule has 2 aromatic rings. The van der Waals surface area contributed by atoms with Gasteiger partial charge in [0.05, 0.1) is 12.2 Å². The van der Waals surface area contributed by atoms with Crippen molar-refractivity contribution in [3.05, 3.63) is 42.5 Å². The summed E-state index contributed by atoms with van der Waals surface area (Å²) in [5.74, 6) is -0.725. The quantitative estimate of drug-likeness (QED) is 0.849. The van der Waals surface area contributed by atoms with Gasteiger partial charge in [0.15, 0.2) is 0 Å². The number of aromatic nitrogens is 3. The summed E-state index contributed by atoms with van der Waals surface area (Å²) in [6, 6.07) is 5.36. The molecule has 0 saturated carbocycles. The molecule has 0 N–H and O–H groups in total. The topological polar surface area (TPSA) is 68.1 Å². The Morgan fingerprint density at radius 3 is 2.80 bits per heavy atom. The van der Waals surface area contributed by atoms with Crippen molar-refractivity contribution in [1.82, 2.24) is 19.3 Å². The Morgan fingerprint density at radius 2 is 2.10 bits per heavy atom. The number of hydrogen-bond donors (Lipinski definition) is 0. The summed E-state index contributed by atoms with van der Waals surface area (Å²) in [7, 11) is -3.80. The van der Waals surface area contributed by atoms with Crippen LogP contribution in [0.4, 0.5) is 4.39 Å². The maximum absolute atomic E-state index is 13.7. The lowest BCUT2D eigenvalue weighted by atomic mass is 10.3. The second-order valence-electron chi connectivity index (χ2n) is 4.62. The maximum Gasteiger partial charge on any atom is 0.246 e. The molecule has 0 bridgehead atoms. The molecule has 8 heteroatoms. The molecule has 0 spiro atoms. The van der Waals surface area contributed by atoms with E-state index in [1.807, 2.05) is 0 Å². The molecule has 1 aromatic carbocycles. The lowest BCUT2D eigenvalue weighted by Crippen LogP contribution is -2.30. The zero-order valence-corrected chi connectivity index (χ0v) is 11.4. The minimum Gasteiger partial charge on any atom is -0.248 e. The Labute approximate surface area is 115 Å². The van der Waals surface area contributed by atoms with Gasteiger partial charge < -0.3 is 0 Å². The van der Waals surface area contributed by atoms with Crippen LogP contribution in [-0.4, -0.2) is 40.8 Å². The number of halogens is 1. The average Bonchev–Trinajstić information content (AvgIpc) is 3.10. The molecule has 1 fully saturated rings. The van der Waals surface area contributed by atoms with Crippen molar-refractivity contribution in [3.8, 4) is 0 Å². The average molecular weight is 296 g/mol. The summed E-state index contributed by atoms with van der Waals surface area (Å²) in [5, 5.41) is 7.59. The third kappa shape index (κ3) is 2.20. The van der Waals surface area contributed by atoms with E-state index >= 15 is 0 Å². The van der Waals surface area contributed by atoms with E-state index in [0.717, 1.165) is 6.07 Å². The van der Waals surface area contributed by atoms with E-state index < -0.39 is 15.8 Å². The first kappa shape index (κ1) is 13.2. The van der Waals surface area contributed by atoms with Crippen molar-refractivity contribution in [1.29, 1.82) is 0 Å². The van der Waals surface area contributed by atoms with Crippen LogP contribution in [0.5, 0.6) is 0 Å². The van der Waals surface area contributed by atoms with Gasteiger partial charge in [-0.1, -0.05) is 17.3 Å². The first-order chi connectivity index (χ1) is 9.59. The van der Waals surface area contributed by atoms with Crippen molar-refractivity contribution in [3.63, 3.8) is 0 Å². The molecular weight excluding hydrogens is 283 g/mol. The predicted molar refractivity (Wildman–Crippen MR) is 68.8 cm³/mol. The summed E-state index contributed by atoms with van der Waals surface area (Å²) in [4.78, 5) is -0.278. The van der Waals surface area contributed by atoms with Crippen LogP contribution < -0.4 is 0 Å².